The number of hydrogen-bond donors (Lipinski definition) is 0. The largest absolute Gasteiger partial charge is 0.497 e. The summed E-state index contributed by atoms with van der Waals surface area (Å²) in [7, 11) is 9.08. The first kappa shape index (κ1) is 29.8. The van der Waals surface area contributed by atoms with E-state index in [2.05, 4.69) is 41.0 Å². The van der Waals surface area contributed by atoms with Crippen molar-refractivity contribution < 1.29 is 23.7 Å². The lowest BCUT2D eigenvalue weighted by Gasteiger charge is -2.34. The third-order valence-corrected chi connectivity index (χ3v) is 8.81. The Bertz CT molecular complexity index is 1370. The third kappa shape index (κ3) is 6.21. The summed E-state index contributed by atoms with van der Waals surface area (Å²) in [5, 5.41) is 0. The monoisotopic (exact) mass is 572 g/mol. The summed E-state index contributed by atoms with van der Waals surface area (Å²) in [6, 6.07) is 18.6. The van der Waals surface area contributed by atoms with Gasteiger partial charge < -0.3 is 28.7 Å². The molecule has 2 heterocycles. The summed E-state index contributed by atoms with van der Waals surface area (Å²) in [5.74, 6) is 2.84. The molecule has 2 aliphatic rings. The van der Waals surface area contributed by atoms with Crippen molar-refractivity contribution in [3.63, 3.8) is 0 Å². The van der Waals surface area contributed by atoms with Crippen LogP contribution in [0, 0.1) is 5.92 Å². The van der Waals surface area contributed by atoms with Gasteiger partial charge in [-0.2, -0.15) is 0 Å². The van der Waals surface area contributed by atoms with Gasteiger partial charge in [0, 0.05) is 55.4 Å². The lowest BCUT2D eigenvalue weighted by atomic mass is 9.80. The van der Waals surface area contributed by atoms with Crippen molar-refractivity contribution in [2.45, 2.75) is 44.4 Å². The van der Waals surface area contributed by atoms with Gasteiger partial charge in [-0.25, -0.2) is 0 Å². The van der Waals surface area contributed by atoms with Gasteiger partial charge in [0.05, 0.1) is 27.8 Å². The van der Waals surface area contributed by atoms with Gasteiger partial charge in [0.25, 0.3) is 0 Å². The van der Waals surface area contributed by atoms with Gasteiger partial charge in [0.15, 0.2) is 0 Å². The lowest BCUT2D eigenvalue weighted by molar-refractivity contribution is -0.135. The minimum atomic E-state index is -0.258. The van der Waals surface area contributed by atoms with Gasteiger partial charge in [-0.05, 0) is 73.7 Å². The van der Waals surface area contributed by atoms with Gasteiger partial charge in [0.1, 0.15) is 23.0 Å². The molecule has 0 saturated carbocycles. The summed E-state index contributed by atoms with van der Waals surface area (Å²) in [5.41, 5.74) is 5.11. The minimum absolute atomic E-state index is 0.0459. The van der Waals surface area contributed by atoms with Crippen LogP contribution in [0.25, 0.3) is 0 Å². The molecule has 0 unspecified atom stereocenters. The number of fused-ring (bicyclic) bond motifs is 1. The summed E-state index contributed by atoms with van der Waals surface area (Å²) in [6.45, 7) is 5.51. The highest BCUT2D eigenvalue weighted by atomic mass is 16.5. The standard InChI is InChI=1S/C35H44N2O5/c1-23-8-7-18-37(22-23)19-17-28(24-9-13-26(14-10-24)36(2)3)33-30(40-5)21-31(41-6)34-29(20-32(38)42-35(33)34)25-11-15-27(39-4)16-12-25/h9-16,21,23,28-29H,7-8,17-20,22H2,1-6H3/t23-,28+,29+/m0/s1. The highest BCUT2D eigenvalue weighted by Gasteiger charge is 2.38. The highest BCUT2D eigenvalue weighted by Crippen LogP contribution is 2.53. The fourth-order valence-electron chi connectivity index (χ4n) is 6.58. The van der Waals surface area contributed by atoms with Crippen LogP contribution in [-0.4, -0.2) is 65.9 Å². The molecule has 42 heavy (non-hydrogen) atoms. The Hall–Kier alpha value is -3.71. The molecule has 3 aromatic carbocycles. The van der Waals surface area contributed by atoms with Crippen molar-refractivity contribution in [3.05, 3.63) is 76.9 Å². The second-order valence-corrected chi connectivity index (χ2v) is 11.8. The van der Waals surface area contributed by atoms with Gasteiger partial charge >= 0.3 is 5.97 Å². The molecule has 3 aromatic rings. The van der Waals surface area contributed by atoms with E-state index >= 15 is 0 Å². The number of anilines is 1. The van der Waals surface area contributed by atoms with Crippen LogP contribution in [0.4, 0.5) is 5.69 Å². The van der Waals surface area contributed by atoms with E-state index in [1.54, 1.807) is 21.3 Å². The molecule has 0 radical (unpaired) electrons. The molecule has 0 aliphatic carbocycles. The molecule has 5 rings (SSSR count). The molecular weight excluding hydrogens is 528 g/mol. The fourth-order valence-corrected chi connectivity index (χ4v) is 6.58. The average Bonchev–Trinajstić information content (AvgIpc) is 3.00. The number of piperidine rings is 1. The van der Waals surface area contributed by atoms with Crippen molar-refractivity contribution in [2.75, 3.05) is 60.0 Å². The maximum Gasteiger partial charge on any atom is 0.312 e. The number of hydrogen-bond acceptors (Lipinski definition) is 7. The summed E-state index contributed by atoms with van der Waals surface area (Å²) < 4.78 is 23.5. The van der Waals surface area contributed by atoms with E-state index in [0.29, 0.717) is 23.2 Å². The van der Waals surface area contributed by atoms with E-state index in [4.69, 9.17) is 18.9 Å². The van der Waals surface area contributed by atoms with Gasteiger partial charge in [0.2, 0.25) is 0 Å². The molecule has 0 N–H and O–H groups in total. The zero-order valence-electron chi connectivity index (χ0n) is 25.8. The number of esters is 1. The molecule has 7 heteroatoms. The molecule has 1 fully saturated rings. The van der Waals surface area contributed by atoms with E-state index in [-0.39, 0.29) is 24.2 Å². The predicted octanol–water partition coefficient (Wildman–Crippen LogP) is 6.47. The Kier molecular flexibility index (Phi) is 9.27. The Morgan fingerprint density at radius 3 is 2.31 bits per heavy atom. The number of nitrogens with zero attached hydrogens (tertiary/aromatic N) is 2. The van der Waals surface area contributed by atoms with Gasteiger partial charge in [-0.3, -0.25) is 4.79 Å². The molecule has 0 amide bonds. The van der Waals surface area contributed by atoms with Crippen LogP contribution in [-0.2, 0) is 4.79 Å². The first-order valence-corrected chi connectivity index (χ1v) is 15.0. The van der Waals surface area contributed by atoms with Crippen molar-refractivity contribution in [2.24, 2.45) is 5.92 Å². The number of carbonyl (C=O) groups is 1. The zero-order chi connectivity index (χ0) is 29.8. The molecule has 0 bridgehead atoms. The lowest BCUT2D eigenvalue weighted by Crippen LogP contribution is -2.35. The Balaban J connectivity index is 1.65. The van der Waals surface area contributed by atoms with Crippen LogP contribution in [0.15, 0.2) is 54.6 Å². The molecule has 1 saturated heterocycles. The Labute approximate surface area is 250 Å². The summed E-state index contributed by atoms with van der Waals surface area (Å²) in [4.78, 5) is 17.9. The minimum Gasteiger partial charge on any atom is -0.497 e. The van der Waals surface area contributed by atoms with Gasteiger partial charge in [-0.15, -0.1) is 0 Å². The molecule has 3 atom stereocenters. The number of ether oxygens (including phenoxy) is 4. The maximum atomic E-state index is 13.3. The van der Waals surface area contributed by atoms with Crippen LogP contribution >= 0.6 is 0 Å². The van der Waals surface area contributed by atoms with E-state index in [1.165, 1.54) is 18.4 Å². The summed E-state index contributed by atoms with van der Waals surface area (Å²) in [6.07, 6.45) is 3.61. The average molecular weight is 573 g/mol. The predicted molar refractivity (Wildman–Crippen MR) is 167 cm³/mol. The van der Waals surface area contributed by atoms with Crippen LogP contribution < -0.4 is 23.8 Å². The fraction of sp³-hybridized carbons (Fsp3) is 0.457. The third-order valence-electron chi connectivity index (χ3n) is 8.81. The topological polar surface area (TPSA) is 60.5 Å². The Morgan fingerprint density at radius 2 is 1.69 bits per heavy atom. The molecular formula is C35H44N2O5. The van der Waals surface area contributed by atoms with E-state index < -0.39 is 0 Å². The smallest absolute Gasteiger partial charge is 0.312 e. The van der Waals surface area contributed by atoms with E-state index in [0.717, 1.165) is 54.2 Å². The quantitative estimate of drug-likeness (QED) is 0.204. The van der Waals surface area contributed by atoms with Crippen LogP contribution in [0.2, 0.25) is 0 Å². The SMILES string of the molecule is COc1ccc([C@H]2CC(=O)Oc3c([C@H](CCN4CCC[C@H](C)C4)c4ccc(N(C)C)cc4)c(OC)cc(OC)c32)cc1. The van der Waals surface area contributed by atoms with Crippen molar-refractivity contribution >= 4 is 11.7 Å². The molecule has 0 spiro atoms. The van der Waals surface area contributed by atoms with Crippen molar-refractivity contribution in [3.8, 4) is 23.0 Å². The maximum absolute atomic E-state index is 13.3. The molecule has 224 valence electrons. The highest BCUT2D eigenvalue weighted by molar-refractivity contribution is 5.81. The van der Waals surface area contributed by atoms with Crippen LogP contribution in [0.3, 0.4) is 0 Å². The van der Waals surface area contributed by atoms with Crippen molar-refractivity contribution in [1.29, 1.82) is 0 Å². The molecule has 0 aromatic heterocycles. The first-order chi connectivity index (χ1) is 20.3. The normalized spacial score (nSPS) is 19.4. The van der Waals surface area contributed by atoms with Gasteiger partial charge in [-0.1, -0.05) is 31.2 Å². The number of rotatable bonds is 10. The Morgan fingerprint density at radius 1 is 0.976 bits per heavy atom. The number of carbonyl (C=O) groups excluding carboxylic acids is 1. The second-order valence-electron chi connectivity index (χ2n) is 11.8. The zero-order valence-corrected chi connectivity index (χ0v) is 25.8. The number of methoxy groups -OCH3 is 3. The molecule has 7 nitrogen and oxygen atoms in total. The first-order valence-electron chi connectivity index (χ1n) is 15.0. The van der Waals surface area contributed by atoms with E-state index in [9.17, 15) is 4.79 Å². The van der Waals surface area contributed by atoms with Crippen molar-refractivity contribution in [1.82, 2.24) is 4.90 Å². The second kappa shape index (κ2) is 13.1. The molecule has 2 aliphatic heterocycles. The van der Waals surface area contributed by atoms with Crippen LogP contribution in [0.1, 0.15) is 66.7 Å². The summed E-state index contributed by atoms with van der Waals surface area (Å²) >= 11 is 0. The number of benzene rings is 3. The van der Waals surface area contributed by atoms with E-state index in [1.807, 2.05) is 44.4 Å². The number of likely N-dealkylation sites (tertiary alicyclic amines) is 1. The van der Waals surface area contributed by atoms with Crippen LogP contribution in [0.5, 0.6) is 23.0 Å².